The molecule has 4 aromatic carbocycles. The number of nitrogens with zero attached hydrogens (tertiary/aromatic N) is 2. The van der Waals surface area contributed by atoms with E-state index in [0.29, 0.717) is 13.0 Å². The minimum atomic E-state index is -3.77. The summed E-state index contributed by atoms with van der Waals surface area (Å²) < 4.78 is 37.3. The van der Waals surface area contributed by atoms with Crippen molar-refractivity contribution in [2.75, 3.05) is 6.79 Å². The Balaban J connectivity index is 1.47. The first-order chi connectivity index (χ1) is 21.4. The molecule has 226 valence electrons. The van der Waals surface area contributed by atoms with Gasteiger partial charge in [-0.05, 0) is 48.2 Å². The van der Waals surface area contributed by atoms with Crippen LogP contribution in [0.25, 0.3) is 22.6 Å². The lowest BCUT2D eigenvalue weighted by Crippen LogP contribution is -2.26. The van der Waals surface area contributed by atoms with Gasteiger partial charge in [-0.25, -0.2) is 18.5 Å². The molecule has 6 rings (SSSR count). The Morgan fingerprint density at radius 3 is 2.20 bits per heavy atom. The molecule has 1 aromatic heterocycles. The van der Waals surface area contributed by atoms with Crippen LogP contribution in [0, 0.1) is 0 Å². The lowest BCUT2D eigenvalue weighted by Gasteiger charge is -2.24. The van der Waals surface area contributed by atoms with Gasteiger partial charge in [-0.2, -0.15) is 0 Å². The maximum atomic E-state index is 11.8. The molecule has 5 aromatic rings. The molecular formula is C35H36N4O4S. The molecular weight excluding hydrogens is 572 g/mol. The highest BCUT2D eigenvalue weighted by Gasteiger charge is 2.27. The van der Waals surface area contributed by atoms with Gasteiger partial charge in [-0.1, -0.05) is 92.2 Å². The van der Waals surface area contributed by atoms with E-state index < -0.39 is 10.0 Å². The number of fused-ring (bicyclic) bond motifs is 1. The number of unbranched alkanes of at least 4 members (excludes halogenated alkanes) is 1. The molecule has 0 spiro atoms. The van der Waals surface area contributed by atoms with Crippen molar-refractivity contribution in [3.63, 3.8) is 0 Å². The van der Waals surface area contributed by atoms with Crippen LogP contribution in [0.2, 0.25) is 0 Å². The second kappa shape index (κ2) is 13.1. The monoisotopic (exact) mass is 608 g/mol. The third kappa shape index (κ3) is 6.55. The molecule has 1 aliphatic rings. The van der Waals surface area contributed by atoms with Crippen LogP contribution in [-0.4, -0.2) is 24.8 Å². The smallest absolute Gasteiger partial charge is 0.238 e. The zero-order valence-corrected chi connectivity index (χ0v) is 25.5. The first-order valence-corrected chi connectivity index (χ1v) is 16.4. The molecule has 0 aliphatic carbocycles. The van der Waals surface area contributed by atoms with Gasteiger partial charge in [-0.15, -0.1) is 0 Å². The Hall–Kier alpha value is -4.44. The van der Waals surface area contributed by atoms with Crippen molar-refractivity contribution in [3.8, 4) is 34.1 Å². The van der Waals surface area contributed by atoms with Crippen LogP contribution in [0.3, 0.4) is 0 Å². The molecule has 0 saturated carbocycles. The van der Waals surface area contributed by atoms with Gasteiger partial charge in [0.05, 0.1) is 22.3 Å². The third-order valence-corrected chi connectivity index (χ3v) is 8.76. The van der Waals surface area contributed by atoms with Crippen molar-refractivity contribution >= 4 is 10.0 Å². The lowest BCUT2D eigenvalue weighted by atomic mass is 9.98. The highest BCUT2D eigenvalue weighted by molar-refractivity contribution is 7.89. The van der Waals surface area contributed by atoms with Crippen molar-refractivity contribution in [1.29, 1.82) is 0 Å². The number of nitrogens with one attached hydrogen (secondary N) is 1. The zero-order chi connectivity index (χ0) is 30.5. The summed E-state index contributed by atoms with van der Waals surface area (Å²) >= 11 is 0. The standard InChI is InChI=1S/C35H36N4O4S/c1-2-3-20-39-34(33(27-10-6-4-7-11-27)38-35(39)28-12-8-5-9-13-28)30(21-26-16-19-31-32(22-26)43-24-42-31)37-23-25-14-17-29(18-15-25)44(36,40)41/h4-19,22,30,37H,2-3,20-21,23-24H2,1H3,(H2,36,40,41). The normalized spacial score (nSPS) is 13.2. The van der Waals surface area contributed by atoms with E-state index in [-0.39, 0.29) is 17.7 Å². The van der Waals surface area contributed by atoms with Crippen LogP contribution in [0.1, 0.15) is 42.6 Å². The molecule has 0 radical (unpaired) electrons. The van der Waals surface area contributed by atoms with Gasteiger partial charge < -0.3 is 19.4 Å². The Morgan fingerprint density at radius 2 is 1.52 bits per heavy atom. The molecule has 0 bridgehead atoms. The highest BCUT2D eigenvalue weighted by Crippen LogP contribution is 2.37. The summed E-state index contributed by atoms with van der Waals surface area (Å²) in [6.07, 6.45) is 2.71. The second-order valence-electron chi connectivity index (χ2n) is 10.9. The molecule has 1 atom stereocenters. The first kappa shape index (κ1) is 29.6. The van der Waals surface area contributed by atoms with Crippen molar-refractivity contribution in [2.45, 2.75) is 50.2 Å². The fraction of sp³-hybridized carbons (Fsp3) is 0.229. The Kier molecular flexibility index (Phi) is 8.79. The third-order valence-electron chi connectivity index (χ3n) is 7.83. The maximum Gasteiger partial charge on any atom is 0.238 e. The number of hydrogen-bond acceptors (Lipinski definition) is 6. The number of imidazole rings is 1. The molecule has 1 aliphatic heterocycles. The van der Waals surface area contributed by atoms with Crippen LogP contribution in [0.15, 0.2) is 108 Å². The predicted molar refractivity (Wildman–Crippen MR) is 172 cm³/mol. The second-order valence-corrected chi connectivity index (χ2v) is 12.5. The van der Waals surface area contributed by atoms with E-state index in [0.717, 1.165) is 70.4 Å². The van der Waals surface area contributed by atoms with Crippen LogP contribution in [0.4, 0.5) is 0 Å². The first-order valence-electron chi connectivity index (χ1n) is 14.9. The summed E-state index contributed by atoms with van der Waals surface area (Å²) in [5.74, 6) is 2.42. The van der Waals surface area contributed by atoms with Gasteiger partial charge in [0.15, 0.2) is 11.5 Å². The molecule has 9 heteroatoms. The number of primary sulfonamides is 1. The van der Waals surface area contributed by atoms with Crippen LogP contribution < -0.4 is 19.9 Å². The van der Waals surface area contributed by atoms with Crippen molar-refractivity contribution in [3.05, 3.63) is 120 Å². The molecule has 2 heterocycles. The quantitative estimate of drug-likeness (QED) is 0.168. The highest BCUT2D eigenvalue weighted by atomic mass is 32.2. The predicted octanol–water partition coefficient (Wildman–Crippen LogP) is 6.47. The minimum absolute atomic E-state index is 0.0923. The van der Waals surface area contributed by atoms with E-state index in [4.69, 9.17) is 19.6 Å². The summed E-state index contributed by atoms with van der Waals surface area (Å²) in [4.78, 5) is 5.41. The number of sulfonamides is 1. The Morgan fingerprint density at radius 1 is 0.864 bits per heavy atom. The van der Waals surface area contributed by atoms with E-state index in [2.05, 4.69) is 47.1 Å². The zero-order valence-electron chi connectivity index (χ0n) is 24.6. The molecule has 0 amide bonds. The summed E-state index contributed by atoms with van der Waals surface area (Å²) in [5.41, 5.74) is 6.18. The van der Waals surface area contributed by atoms with E-state index in [1.807, 2.05) is 48.5 Å². The summed E-state index contributed by atoms with van der Waals surface area (Å²) in [5, 5.41) is 9.14. The van der Waals surface area contributed by atoms with Crippen LogP contribution in [0.5, 0.6) is 11.5 Å². The van der Waals surface area contributed by atoms with E-state index in [1.54, 1.807) is 24.3 Å². The number of aromatic nitrogens is 2. The summed E-state index contributed by atoms with van der Waals surface area (Å²) in [6.45, 7) is 3.74. The topological polar surface area (TPSA) is 108 Å². The fourth-order valence-electron chi connectivity index (χ4n) is 5.58. The summed E-state index contributed by atoms with van der Waals surface area (Å²) in [7, 11) is -3.77. The average Bonchev–Trinajstić information content (AvgIpc) is 3.67. The molecule has 44 heavy (non-hydrogen) atoms. The molecule has 8 nitrogen and oxygen atoms in total. The van der Waals surface area contributed by atoms with Gasteiger partial charge in [0, 0.05) is 24.2 Å². The SMILES string of the molecule is CCCCn1c(-c2ccccc2)nc(-c2ccccc2)c1C(Cc1ccc2c(c1)OCO2)NCc1ccc(S(N)(=O)=O)cc1. The summed E-state index contributed by atoms with van der Waals surface area (Å²) in [6, 6.07) is 33.3. The largest absolute Gasteiger partial charge is 0.454 e. The van der Waals surface area contributed by atoms with Gasteiger partial charge in [-0.3, -0.25) is 0 Å². The molecule has 0 fully saturated rings. The maximum absolute atomic E-state index is 11.8. The van der Waals surface area contributed by atoms with E-state index >= 15 is 0 Å². The Bertz CT molecular complexity index is 1820. The van der Waals surface area contributed by atoms with E-state index in [9.17, 15) is 8.42 Å². The Labute approximate surface area is 258 Å². The van der Waals surface area contributed by atoms with Gasteiger partial charge in [0.1, 0.15) is 5.82 Å². The van der Waals surface area contributed by atoms with Gasteiger partial charge in [0.2, 0.25) is 16.8 Å². The number of nitrogens with two attached hydrogens (primary N) is 1. The number of hydrogen-bond donors (Lipinski definition) is 2. The molecule has 0 saturated heterocycles. The number of benzene rings is 4. The molecule has 1 unspecified atom stereocenters. The average molecular weight is 609 g/mol. The van der Waals surface area contributed by atoms with Crippen molar-refractivity contribution in [2.24, 2.45) is 5.14 Å². The number of rotatable bonds is 12. The van der Waals surface area contributed by atoms with Crippen LogP contribution in [-0.2, 0) is 29.5 Å². The number of ether oxygens (including phenoxy) is 2. The lowest BCUT2D eigenvalue weighted by molar-refractivity contribution is 0.174. The minimum Gasteiger partial charge on any atom is -0.454 e. The van der Waals surface area contributed by atoms with Crippen molar-refractivity contribution in [1.82, 2.24) is 14.9 Å². The fourth-order valence-corrected chi connectivity index (χ4v) is 6.10. The van der Waals surface area contributed by atoms with Gasteiger partial charge in [0.25, 0.3) is 0 Å². The van der Waals surface area contributed by atoms with Crippen molar-refractivity contribution < 1.29 is 17.9 Å². The van der Waals surface area contributed by atoms with E-state index in [1.165, 1.54) is 0 Å². The van der Waals surface area contributed by atoms with Crippen LogP contribution >= 0.6 is 0 Å². The molecule has 3 N–H and O–H groups in total. The van der Waals surface area contributed by atoms with Gasteiger partial charge >= 0.3 is 0 Å².